The molecule has 1 aromatic rings. The molecule has 3 nitrogen and oxygen atoms in total. The average molecular weight is 317 g/mol. The molecule has 0 aliphatic rings. The van der Waals surface area contributed by atoms with E-state index in [2.05, 4.69) is 22.0 Å². The highest BCUT2D eigenvalue weighted by Crippen LogP contribution is 2.26. The van der Waals surface area contributed by atoms with Gasteiger partial charge in [-0.2, -0.15) is 5.26 Å². The van der Waals surface area contributed by atoms with Crippen LogP contribution in [0.1, 0.15) is 23.6 Å². The highest BCUT2D eigenvalue weighted by Gasteiger charge is 2.14. The van der Waals surface area contributed by atoms with Crippen LogP contribution in [-0.4, -0.2) is 12.6 Å². The monoisotopic (exact) mass is 315 g/mol. The first kappa shape index (κ1) is 14.0. The first-order chi connectivity index (χ1) is 8.13. The van der Waals surface area contributed by atoms with Crippen LogP contribution in [0.3, 0.4) is 0 Å². The lowest BCUT2D eigenvalue weighted by molar-refractivity contribution is -0.142. The van der Waals surface area contributed by atoms with Crippen molar-refractivity contribution in [1.82, 2.24) is 0 Å². The number of halogens is 2. The summed E-state index contributed by atoms with van der Waals surface area (Å²) in [6, 6.07) is 5.48. The summed E-state index contributed by atoms with van der Waals surface area (Å²) in [5, 5.41) is 8.91. The summed E-state index contributed by atoms with van der Waals surface area (Å²) in [4.78, 5) is 11.5. The number of hydrogen-bond acceptors (Lipinski definition) is 3. The van der Waals surface area contributed by atoms with E-state index in [1.807, 2.05) is 0 Å². The second kappa shape index (κ2) is 6.63. The fourth-order valence-electron chi connectivity index (χ4n) is 1.42. The van der Waals surface area contributed by atoms with Gasteiger partial charge in [0.05, 0.1) is 18.6 Å². The van der Waals surface area contributed by atoms with Crippen molar-refractivity contribution in [1.29, 1.82) is 5.26 Å². The Morgan fingerprint density at radius 3 is 2.82 bits per heavy atom. The highest BCUT2D eigenvalue weighted by atomic mass is 79.9. The highest BCUT2D eigenvalue weighted by molar-refractivity contribution is 9.10. The van der Waals surface area contributed by atoms with Crippen LogP contribution >= 0.6 is 27.5 Å². The molecule has 0 atom stereocenters. The molecule has 0 bridgehead atoms. The SMILES string of the molecule is CCOC(=O)Cc1c(CCl)ccc(C#N)c1Br. The van der Waals surface area contributed by atoms with Gasteiger partial charge in [0, 0.05) is 10.4 Å². The van der Waals surface area contributed by atoms with Gasteiger partial charge in [-0.25, -0.2) is 0 Å². The summed E-state index contributed by atoms with van der Waals surface area (Å²) in [5.74, 6) is -0.0337. The molecule has 0 saturated heterocycles. The summed E-state index contributed by atoms with van der Waals surface area (Å²) < 4.78 is 5.50. The molecule has 0 radical (unpaired) electrons. The van der Waals surface area contributed by atoms with Gasteiger partial charge < -0.3 is 4.74 Å². The normalized spacial score (nSPS) is 9.76. The molecule has 0 aliphatic heterocycles. The summed E-state index contributed by atoms with van der Waals surface area (Å²) in [5.41, 5.74) is 2.03. The fourth-order valence-corrected chi connectivity index (χ4v) is 2.29. The van der Waals surface area contributed by atoms with E-state index in [1.165, 1.54) is 0 Å². The van der Waals surface area contributed by atoms with Crippen molar-refractivity contribution in [2.24, 2.45) is 0 Å². The van der Waals surface area contributed by atoms with Gasteiger partial charge in [0.15, 0.2) is 0 Å². The molecule has 0 aliphatic carbocycles. The maximum atomic E-state index is 11.5. The molecule has 0 unspecified atom stereocenters. The van der Waals surface area contributed by atoms with E-state index in [1.54, 1.807) is 19.1 Å². The van der Waals surface area contributed by atoms with Gasteiger partial charge in [-0.05, 0) is 40.0 Å². The average Bonchev–Trinajstić information content (AvgIpc) is 2.32. The van der Waals surface area contributed by atoms with E-state index in [0.717, 1.165) is 11.1 Å². The molecule has 0 fully saturated rings. The third-order valence-electron chi connectivity index (χ3n) is 2.23. The maximum Gasteiger partial charge on any atom is 0.310 e. The number of carbonyl (C=O) groups excluding carboxylic acids is 1. The summed E-state index contributed by atoms with van der Waals surface area (Å²) in [7, 11) is 0. The van der Waals surface area contributed by atoms with Crippen LogP contribution in [-0.2, 0) is 21.8 Å². The van der Waals surface area contributed by atoms with Gasteiger partial charge in [0.25, 0.3) is 0 Å². The largest absolute Gasteiger partial charge is 0.466 e. The van der Waals surface area contributed by atoms with Crippen molar-refractivity contribution in [3.05, 3.63) is 33.3 Å². The van der Waals surface area contributed by atoms with E-state index in [-0.39, 0.29) is 12.4 Å². The van der Waals surface area contributed by atoms with Gasteiger partial charge in [0.2, 0.25) is 0 Å². The van der Waals surface area contributed by atoms with Gasteiger partial charge >= 0.3 is 5.97 Å². The standard InChI is InChI=1S/C12H11BrClNO2/c1-2-17-11(16)5-10-8(6-14)3-4-9(7-15)12(10)13/h3-4H,2,5-6H2,1H3. The van der Waals surface area contributed by atoms with Crippen LogP contribution in [0.4, 0.5) is 0 Å². The van der Waals surface area contributed by atoms with Crippen LogP contribution in [0.15, 0.2) is 16.6 Å². The number of carbonyl (C=O) groups is 1. The van der Waals surface area contributed by atoms with E-state index < -0.39 is 0 Å². The molecule has 0 saturated carbocycles. The second-order valence-electron chi connectivity index (χ2n) is 3.29. The third-order valence-corrected chi connectivity index (χ3v) is 3.42. The zero-order valence-corrected chi connectivity index (χ0v) is 11.6. The Balaban J connectivity index is 3.11. The number of ether oxygens (including phenoxy) is 1. The zero-order chi connectivity index (χ0) is 12.8. The maximum absolute atomic E-state index is 11.5. The molecule has 0 heterocycles. The number of benzene rings is 1. The summed E-state index contributed by atoms with van der Waals surface area (Å²) >= 11 is 9.13. The number of esters is 1. The molecular weight excluding hydrogens is 305 g/mol. The molecule has 5 heteroatoms. The number of nitrogens with zero attached hydrogens (tertiary/aromatic N) is 1. The van der Waals surface area contributed by atoms with E-state index >= 15 is 0 Å². The molecule has 90 valence electrons. The van der Waals surface area contributed by atoms with Crippen molar-refractivity contribution in [2.45, 2.75) is 19.2 Å². The Morgan fingerprint density at radius 2 is 2.29 bits per heavy atom. The van der Waals surface area contributed by atoms with Gasteiger partial charge in [-0.3, -0.25) is 4.79 Å². The van der Waals surface area contributed by atoms with Gasteiger partial charge in [0.1, 0.15) is 6.07 Å². The van der Waals surface area contributed by atoms with Crippen LogP contribution in [0, 0.1) is 11.3 Å². The minimum absolute atomic E-state index is 0.117. The number of nitriles is 1. The van der Waals surface area contributed by atoms with E-state index in [9.17, 15) is 4.79 Å². The molecule has 0 amide bonds. The number of alkyl halides is 1. The predicted molar refractivity (Wildman–Crippen MR) is 68.8 cm³/mol. The lowest BCUT2D eigenvalue weighted by Crippen LogP contribution is -2.10. The fraction of sp³-hybridized carbons (Fsp3) is 0.333. The minimum atomic E-state index is -0.324. The molecule has 1 rings (SSSR count). The topological polar surface area (TPSA) is 50.1 Å². The molecule has 1 aromatic carbocycles. The lowest BCUT2D eigenvalue weighted by atomic mass is 10.0. The minimum Gasteiger partial charge on any atom is -0.466 e. The van der Waals surface area contributed by atoms with Crippen LogP contribution < -0.4 is 0 Å². The predicted octanol–water partition coefficient (Wildman–Crippen LogP) is 3.17. The smallest absolute Gasteiger partial charge is 0.310 e. The number of hydrogen-bond donors (Lipinski definition) is 0. The first-order valence-electron chi connectivity index (χ1n) is 5.06. The molecule has 17 heavy (non-hydrogen) atoms. The molecule has 0 N–H and O–H groups in total. The third kappa shape index (κ3) is 3.45. The van der Waals surface area contributed by atoms with E-state index in [0.29, 0.717) is 22.5 Å². The van der Waals surface area contributed by atoms with Crippen molar-refractivity contribution in [3.63, 3.8) is 0 Å². The Morgan fingerprint density at radius 1 is 1.59 bits per heavy atom. The van der Waals surface area contributed by atoms with Gasteiger partial charge in [-0.1, -0.05) is 6.07 Å². The van der Waals surface area contributed by atoms with Crippen molar-refractivity contribution >= 4 is 33.5 Å². The molecule has 0 aromatic heterocycles. The summed E-state index contributed by atoms with van der Waals surface area (Å²) in [6.45, 7) is 2.09. The van der Waals surface area contributed by atoms with Crippen molar-refractivity contribution in [2.75, 3.05) is 6.61 Å². The van der Waals surface area contributed by atoms with Gasteiger partial charge in [-0.15, -0.1) is 11.6 Å². The quantitative estimate of drug-likeness (QED) is 0.633. The van der Waals surface area contributed by atoms with Crippen molar-refractivity contribution < 1.29 is 9.53 Å². The number of rotatable bonds is 4. The van der Waals surface area contributed by atoms with E-state index in [4.69, 9.17) is 21.6 Å². The van der Waals surface area contributed by atoms with Crippen LogP contribution in [0.5, 0.6) is 0 Å². The Labute approximate surface area is 113 Å². The van der Waals surface area contributed by atoms with Crippen molar-refractivity contribution in [3.8, 4) is 6.07 Å². The Hall–Kier alpha value is -1.05. The Bertz CT molecular complexity index is 468. The molecular formula is C12H11BrClNO2. The molecule has 0 spiro atoms. The Kier molecular flexibility index (Phi) is 5.46. The second-order valence-corrected chi connectivity index (χ2v) is 4.35. The lowest BCUT2D eigenvalue weighted by Gasteiger charge is -2.10. The first-order valence-corrected chi connectivity index (χ1v) is 6.38. The van der Waals surface area contributed by atoms with Crippen LogP contribution in [0.2, 0.25) is 0 Å². The van der Waals surface area contributed by atoms with Crippen LogP contribution in [0.25, 0.3) is 0 Å². The zero-order valence-electron chi connectivity index (χ0n) is 9.30. The summed E-state index contributed by atoms with van der Waals surface area (Å²) in [6.07, 6.45) is 0.117.